The molecule has 2 unspecified atom stereocenters. The molecule has 1 saturated carbocycles. The predicted molar refractivity (Wildman–Crippen MR) is 69.7 cm³/mol. The molecule has 2 fully saturated rings. The molecule has 2 amide bonds. The molecule has 0 radical (unpaired) electrons. The number of amides is 2. The molecule has 1 aliphatic carbocycles. The van der Waals surface area contributed by atoms with E-state index in [0.29, 0.717) is 12.8 Å². The lowest BCUT2D eigenvalue weighted by atomic mass is 9.80. The smallest absolute Gasteiger partial charge is 0.230 e. The van der Waals surface area contributed by atoms with Gasteiger partial charge in [0, 0.05) is 18.9 Å². The number of likely N-dealkylation sites (tertiary alicyclic amines) is 1. The highest BCUT2D eigenvalue weighted by atomic mass is 16.2. The third kappa shape index (κ3) is 2.74. The summed E-state index contributed by atoms with van der Waals surface area (Å²) in [6, 6.07) is -0.106. The van der Waals surface area contributed by atoms with Crippen LogP contribution >= 0.6 is 0 Å². The van der Waals surface area contributed by atoms with Crippen molar-refractivity contribution < 1.29 is 9.59 Å². The Labute approximate surface area is 109 Å². The van der Waals surface area contributed by atoms with Gasteiger partial charge in [0.05, 0.1) is 6.04 Å². The third-order valence-electron chi connectivity index (χ3n) is 4.16. The molecule has 0 spiro atoms. The van der Waals surface area contributed by atoms with Crippen LogP contribution in [0.1, 0.15) is 58.8 Å². The van der Waals surface area contributed by atoms with Crippen molar-refractivity contribution in [1.29, 1.82) is 0 Å². The van der Waals surface area contributed by atoms with E-state index in [9.17, 15) is 9.59 Å². The minimum atomic E-state index is -0.195. The van der Waals surface area contributed by atoms with Crippen molar-refractivity contribution in [2.75, 3.05) is 0 Å². The van der Waals surface area contributed by atoms with Crippen molar-refractivity contribution in [3.63, 3.8) is 0 Å². The molecule has 102 valence electrons. The van der Waals surface area contributed by atoms with Gasteiger partial charge in [-0.25, -0.2) is 0 Å². The Morgan fingerprint density at radius 1 is 1.06 bits per heavy atom. The summed E-state index contributed by atoms with van der Waals surface area (Å²) in [4.78, 5) is 25.9. The van der Waals surface area contributed by atoms with Crippen molar-refractivity contribution in [2.45, 2.75) is 70.9 Å². The fraction of sp³-hybridized carbons (Fsp3) is 0.857. The molecule has 2 N–H and O–H groups in total. The molecular weight excluding hydrogens is 228 g/mol. The number of nitrogens with two attached hydrogens (primary N) is 1. The number of carbonyl (C=O) groups is 2. The van der Waals surface area contributed by atoms with Gasteiger partial charge in [-0.05, 0) is 18.3 Å². The number of hydrogen-bond acceptors (Lipinski definition) is 3. The number of nitrogens with zero attached hydrogens (tertiary/aromatic N) is 1. The molecule has 4 nitrogen and oxygen atoms in total. The molecule has 0 aromatic rings. The lowest BCUT2D eigenvalue weighted by Crippen LogP contribution is -2.56. The van der Waals surface area contributed by atoms with E-state index in [1.165, 1.54) is 4.90 Å². The molecule has 0 aromatic carbocycles. The first-order valence-electron chi connectivity index (χ1n) is 7.01. The molecule has 18 heavy (non-hydrogen) atoms. The highest BCUT2D eigenvalue weighted by Crippen LogP contribution is 2.34. The fourth-order valence-corrected chi connectivity index (χ4v) is 3.20. The fourth-order valence-electron chi connectivity index (χ4n) is 3.20. The van der Waals surface area contributed by atoms with E-state index in [0.717, 1.165) is 32.1 Å². The maximum Gasteiger partial charge on any atom is 0.230 e. The van der Waals surface area contributed by atoms with E-state index < -0.39 is 0 Å². The Bertz CT molecular complexity index is 332. The molecule has 0 bridgehead atoms. The largest absolute Gasteiger partial charge is 0.326 e. The summed E-state index contributed by atoms with van der Waals surface area (Å²) in [5.74, 6) is -0.0581. The third-order valence-corrected chi connectivity index (χ3v) is 4.16. The van der Waals surface area contributed by atoms with Crippen molar-refractivity contribution in [3.05, 3.63) is 0 Å². The molecule has 1 heterocycles. The van der Waals surface area contributed by atoms with Crippen LogP contribution in [-0.4, -0.2) is 28.8 Å². The summed E-state index contributed by atoms with van der Waals surface area (Å²) < 4.78 is 0. The van der Waals surface area contributed by atoms with E-state index in [1.807, 2.05) is 13.8 Å². The zero-order valence-corrected chi connectivity index (χ0v) is 11.4. The average molecular weight is 252 g/mol. The summed E-state index contributed by atoms with van der Waals surface area (Å²) in [6.07, 6.45) is 6.05. The monoisotopic (exact) mass is 252 g/mol. The Balaban J connectivity index is 2.16. The van der Waals surface area contributed by atoms with Gasteiger partial charge < -0.3 is 5.73 Å². The van der Waals surface area contributed by atoms with E-state index in [-0.39, 0.29) is 29.3 Å². The lowest BCUT2D eigenvalue weighted by molar-refractivity contribution is -0.156. The maximum atomic E-state index is 12.2. The summed E-state index contributed by atoms with van der Waals surface area (Å²) >= 11 is 0. The van der Waals surface area contributed by atoms with E-state index in [1.54, 1.807) is 0 Å². The molecule has 2 rings (SSSR count). The first-order chi connectivity index (χ1) is 8.41. The van der Waals surface area contributed by atoms with Crippen LogP contribution in [0.4, 0.5) is 0 Å². The van der Waals surface area contributed by atoms with Gasteiger partial charge in [0.15, 0.2) is 0 Å². The van der Waals surface area contributed by atoms with Gasteiger partial charge in [-0.15, -0.1) is 0 Å². The minimum Gasteiger partial charge on any atom is -0.326 e. The first kappa shape index (κ1) is 13.5. The topological polar surface area (TPSA) is 63.4 Å². The van der Waals surface area contributed by atoms with Gasteiger partial charge in [0.25, 0.3) is 0 Å². The van der Waals surface area contributed by atoms with Crippen LogP contribution in [0.25, 0.3) is 0 Å². The Morgan fingerprint density at radius 2 is 1.61 bits per heavy atom. The van der Waals surface area contributed by atoms with Crippen LogP contribution in [0.5, 0.6) is 0 Å². The number of carbonyl (C=O) groups excluding carboxylic acids is 2. The molecule has 0 aromatic heterocycles. The van der Waals surface area contributed by atoms with Crippen molar-refractivity contribution in [1.82, 2.24) is 4.90 Å². The van der Waals surface area contributed by atoms with Gasteiger partial charge in [0.2, 0.25) is 11.8 Å². The molecule has 4 heteroatoms. The summed E-state index contributed by atoms with van der Waals surface area (Å²) in [5, 5.41) is 0. The first-order valence-corrected chi connectivity index (χ1v) is 7.01. The number of rotatable bonds is 1. The van der Waals surface area contributed by atoms with Crippen LogP contribution in [-0.2, 0) is 9.59 Å². The number of piperidine rings is 1. The zero-order chi connectivity index (χ0) is 13.3. The SMILES string of the molecule is CC1(C)CC(=O)N(C2CCCCCC2N)C(=O)C1. The molecule has 2 atom stereocenters. The van der Waals surface area contributed by atoms with E-state index in [2.05, 4.69) is 0 Å². The van der Waals surface area contributed by atoms with Gasteiger partial charge in [-0.3, -0.25) is 14.5 Å². The maximum absolute atomic E-state index is 12.2. The van der Waals surface area contributed by atoms with Crippen LogP contribution in [0, 0.1) is 5.41 Å². The van der Waals surface area contributed by atoms with Crippen LogP contribution in [0.3, 0.4) is 0 Å². The van der Waals surface area contributed by atoms with Crippen molar-refractivity contribution in [2.24, 2.45) is 11.1 Å². The van der Waals surface area contributed by atoms with Crippen LogP contribution in [0.2, 0.25) is 0 Å². The Morgan fingerprint density at radius 3 is 2.22 bits per heavy atom. The Hall–Kier alpha value is -0.900. The van der Waals surface area contributed by atoms with E-state index in [4.69, 9.17) is 5.73 Å². The van der Waals surface area contributed by atoms with Crippen LogP contribution < -0.4 is 5.73 Å². The molecular formula is C14H24N2O2. The zero-order valence-electron chi connectivity index (χ0n) is 11.4. The van der Waals surface area contributed by atoms with Crippen molar-refractivity contribution >= 4 is 11.8 Å². The highest BCUT2D eigenvalue weighted by Gasteiger charge is 2.42. The second-order valence-corrected chi connectivity index (χ2v) is 6.54. The highest BCUT2D eigenvalue weighted by molar-refractivity contribution is 5.98. The lowest BCUT2D eigenvalue weighted by Gasteiger charge is -2.40. The van der Waals surface area contributed by atoms with Gasteiger partial charge in [0.1, 0.15) is 0 Å². The van der Waals surface area contributed by atoms with Gasteiger partial charge in [-0.1, -0.05) is 33.1 Å². The molecule has 1 aliphatic heterocycles. The minimum absolute atomic E-state index is 0.0291. The summed E-state index contributed by atoms with van der Waals surface area (Å²) in [6.45, 7) is 3.96. The van der Waals surface area contributed by atoms with Gasteiger partial charge in [-0.2, -0.15) is 0 Å². The number of imide groups is 1. The van der Waals surface area contributed by atoms with Crippen LogP contribution in [0.15, 0.2) is 0 Å². The molecule has 1 saturated heterocycles. The normalized spacial score (nSPS) is 33.4. The van der Waals surface area contributed by atoms with E-state index >= 15 is 0 Å². The quantitative estimate of drug-likeness (QED) is 0.572. The number of hydrogen-bond donors (Lipinski definition) is 1. The standard InChI is InChI=1S/C14H24N2O2/c1-14(2)8-12(17)16(13(18)9-14)11-7-5-3-4-6-10(11)15/h10-11H,3-9,15H2,1-2H3. The summed E-state index contributed by atoms with van der Waals surface area (Å²) in [7, 11) is 0. The molecule has 2 aliphatic rings. The average Bonchev–Trinajstić information content (AvgIpc) is 2.41. The predicted octanol–water partition coefficient (Wildman–Crippen LogP) is 1.82. The second kappa shape index (κ2) is 5.00. The van der Waals surface area contributed by atoms with Gasteiger partial charge >= 0.3 is 0 Å². The summed E-state index contributed by atoms with van der Waals surface area (Å²) in [5.41, 5.74) is 5.96. The second-order valence-electron chi connectivity index (χ2n) is 6.54. The Kier molecular flexibility index (Phi) is 3.76. The van der Waals surface area contributed by atoms with Crippen molar-refractivity contribution in [3.8, 4) is 0 Å².